The minimum absolute atomic E-state index is 0.0621. The van der Waals surface area contributed by atoms with Crippen molar-refractivity contribution in [1.82, 2.24) is 4.90 Å². The molecular weight excluding hydrogens is 310 g/mol. The minimum atomic E-state index is -0.816. The molecule has 1 aliphatic rings. The van der Waals surface area contributed by atoms with Gasteiger partial charge in [0.05, 0.1) is 18.9 Å². The van der Waals surface area contributed by atoms with Gasteiger partial charge < -0.3 is 15.0 Å². The van der Waals surface area contributed by atoms with Crippen LogP contribution in [0.15, 0.2) is 16.6 Å². The first kappa shape index (κ1) is 13.2. The highest BCUT2D eigenvalue weighted by Gasteiger charge is 2.19. The predicted molar refractivity (Wildman–Crippen MR) is 65.5 cm³/mol. The Kier molecular flexibility index (Phi) is 4.13. The monoisotopic (exact) mass is 320 g/mol. The molecule has 18 heavy (non-hydrogen) atoms. The second kappa shape index (κ2) is 5.62. The molecule has 0 aromatic heterocycles. The number of anilines is 1. The van der Waals surface area contributed by atoms with E-state index in [2.05, 4.69) is 21.2 Å². The fourth-order valence-electron chi connectivity index (χ4n) is 1.61. The Balaban J connectivity index is 2.11. The number of ether oxygens (including phenoxy) is 1. The number of benzene rings is 1. The molecular formula is C11H11BrF2N2O2. The number of carbonyl (C=O) groups excluding carboxylic acids is 1. The van der Waals surface area contributed by atoms with Crippen LogP contribution in [0, 0.1) is 11.6 Å². The Hall–Kier alpha value is -1.21. The number of carbonyl (C=O) groups is 1. The number of rotatable bonds is 1. The van der Waals surface area contributed by atoms with Gasteiger partial charge in [0.2, 0.25) is 0 Å². The number of morpholine rings is 1. The summed E-state index contributed by atoms with van der Waals surface area (Å²) in [5.41, 5.74) is -0.0621. The number of urea groups is 1. The Labute approximate surface area is 111 Å². The lowest BCUT2D eigenvalue weighted by Crippen LogP contribution is -2.43. The fraction of sp³-hybridized carbons (Fsp3) is 0.364. The molecule has 1 N–H and O–H groups in total. The van der Waals surface area contributed by atoms with Gasteiger partial charge in [-0.2, -0.15) is 0 Å². The van der Waals surface area contributed by atoms with Crippen molar-refractivity contribution in [1.29, 1.82) is 0 Å². The molecule has 0 spiro atoms. The van der Waals surface area contributed by atoms with E-state index in [4.69, 9.17) is 4.74 Å². The smallest absolute Gasteiger partial charge is 0.322 e. The van der Waals surface area contributed by atoms with Crippen molar-refractivity contribution in [2.75, 3.05) is 31.6 Å². The zero-order valence-corrected chi connectivity index (χ0v) is 11.0. The Morgan fingerprint density at radius 2 is 2.00 bits per heavy atom. The van der Waals surface area contributed by atoms with Gasteiger partial charge in [-0.15, -0.1) is 0 Å². The van der Waals surface area contributed by atoms with E-state index in [1.54, 1.807) is 0 Å². The number of amides is 2. The lowest BCUT2D eigenvalue weighted by Gasteiger charge is -2.27. The third-order valence-corrected chi connectivity index (χ3v) is 3.16. The van der Waals surface area contributed by atoms with Crippen LogP contribution in [0.5, 0.6) is 0 Å². The van der Waals surface area contributed by atoms with Crippen molar-refractivity contribution in [3.05, 3.63) is 28.2 Å². The summed E-state index contributed by atoms with van der Waals surface area (Å²) in [4.78, 5) is 13.3. The Morgan fingerprint density at radius 1 is 1.33 bits per heavy atom. The number of hydrogen-bond donors (Lipinski definition) is 1. The largest absolute Gasteiger partial charge is 0.378 e. The van der Waals surface area contributed by atoms with Gasteiger partial charge in [-0.25, -0.2) is 13.6 Å². The molecule has 0 aliphatic carbocycles. The van der Waals surface area contributed by atoms with E-state index < -0.39 is 17.7 Å². The van der Waals surface area contributed by atoms with Crippen LogP contribution in [0.2, 0.25) is 0 Å². The van der Waals surface area contributed by atoms with Crippen molar-refractivity contribution < 1.29 is 18.3 Å². The molecule has 0 bridgehead atoms. The predicted octanol–water partition coefficient (Wildman–Crippen LogP) is 2.59. The van der Waals surface area contributed by atoms with E-state index in [1.165, 1.54) is 4.90 Å². The summed E-state index contributed by atoms with van der Waals surface area (Å²) in [5.74, 6) is -1.52. The summed E-state index contributed by atoms with van der Waals surface area (Å²) >= 11 is 3.01. The molecule has 0 radical (unpaired) electrons. The van der Waals surface area contributed by atoms with Crippen LogP contribution >= 0.6 is 15.9 Å². The quantitative estimate of drug-likeness (QED) is 0.864. The summed E-state index contributed by atoms with van der Waals surface area (Å²) < 4.78 is 31.7. The van der Waals surface area contributed by atoms with Crippen LogP contribution in [-0.4, -0.2) is 37.2 Å². The summed E-state index contributed by atoms with van der Waals surface area (Å²) in [5, 5.41) is 2.42. The molecule has 4 nitrogen and oxygen atoms in total. The normalized spacial score (nSPS) is 15.6. The van der Waals surface area contributed by atoms with E-state index in [1.807, 2.05) is 0 Å². The molecule has 1 aliphatic heterocycles. The highest BCUT2D eigenvalue weighted by molar-refractivity contribution is 9.10. The standard InChI is InChI=1S/C11H11BrF2N2O2/c12-8-5-7(13)6-9(14)10(8)15-11(17)16-1-3-18-4-2-16/h5-6H,1-4H2,(H,15,17). The SMILES string of the molecule is O=C(Nc1c(F)cc(F)cc1Br)N1CCOCC1. The molecule has 1 fully saturated rings. The van der Waals surface area contributed by atoms with Gasteiger partial charge in [0, 0.05) is 23.6 Å². The number of nitrogens with zero attached hydrogens (tertiary/aromatic N) is 1. The van der Waals surface area contributed by atoms with E-state index >= 15 is 0 Å². The molecule has 2 amide bonds. The van der Waals surface area contributed by atoms with Gasteiger partial charge in [0.1, 0.15) is 5.82 Å². The molecule has 1 saturated heterocycles. The van der Waals surface area contributed by atoms with E-state index in [9.17, 15) is 13.6 Å². The van der Waals surface area contributed by atoms with Crippen LogP contribution < -0.4 is 5.32 Å². The van der Waals surface area contributed by atoms with E-state index in [0.717, 1.165) is 12.1 Å². The maximum Gasteiger partial charge on any atom is 0.322 e. The van der Waals surface area contributed by atoms with Gasteiger partial charge in [-0.3, -0.25) is 0 Å². The van der Waals surface area contributed by atoms with E-state index in [-0.39, 0.29) is 10.2 Å². The average Bonchev–Trinajstić information content (AvgIpc) is 2.34. The van der Waals surface area contributed by atoms with E-state index in [0.29, 0.717) is 26.3 Å². The maximum absolute atomic E-state index is 13.5. The van der Waals surface area contributed by atoms with Crippen LogP contribution in [0.1, 0.15) is 0 Å². The van der Waals surface area contributed by atoms with Crippen molar-refractivity contribution in [2.45, 2.75) is 0 Å². The van der Waals surface area contributed by atoms with Gasteiger partial charge in [0.25, 0.3) is 0 Å². The molecule has 98 valence electrons. The molecule has 2 rings (SSSR count). The Bertz CT molecular complexity index is 441. The third-order valence-electron chi connectivity index (χ3n) is 2.54. The summed E-state index contributed by atoms with van der Waals surface area (Å²) in [6, 6.07) is 1.39. The summed E-state index contributed by atoms with van der Waals surface area (Å²) in [6.07, 6.45) is 0. The molecule has 7 heteroatoms. The number of nitrogens with one attached hydrogen (secondary N) is 1. The van der Waals surface area contributed by atoms with Crippen molar-refractivity contribution in [3.63, 3.8) is 0 Å². The molecule has 1 heterocycles. The fourth-order valence-corrected chi connectivity index (χ4v) is 2.12. The van der Waals surface area contributed by atoms with Gasteiger partial charge >= 0.3 is 6.03 Å². The highest BCUT2D eigenvalue weighted by Crippen LogP contribution is 2.27. The molecule has 0 atom stereocenters. The van der Waals surface area contributed by atoms with Crippen molar-refractivity contribution in [2.24, 2.45) is 0 Å². The van der Waals surface area contributed by atoms with Crippen LogP contribution in [0.4, 0.5) is 19.3 Å². The minimum Gasteiger partial charge on any atom is -0.378 e. The van der Waals surface area contributed by atoms with Crippen LogP contribution in [0.25, 0.3) is 0 Å². The lowest BCUT2D eigenvalue weighted by molar-refractivity contribution is 0.0564. The number of halogens is 3. The Morgan fingerprint density at radius 3 is 2.61 bits per heavy atom. The van der Waals surface area contributed by atoms with Gasteiger partial charge in [-0.05, 0) is 22.0 Å². The molecule has 1 aromatic rings. The van der Waals surface area contributed by atoms with Crippen LogP contribution in [-0.2, 0) is 4.74 Å². The second-order valence-electron chi connectivity index (χ2n) is 3.77. The first-order valence-corrected chi connectivity index (χ1v) is 6.15. The van der Waals surface area contributed by atoms with Crippen molar-refractivity contribution in [3.8, 4) is 0 Å². The highest BCUT2D eigenvalue weighted by atomic mass is 79.9. The third kappa shape index (κ3) is 2.97. The van der Waals surface area contributed by atoms with Crippen molar-refractivity contribution >= 4 is 27.6 Å². The lowest BCUT2D eigenvalue weighted by atomic mass is 10.3. The topological polar surface area (TPSA) is 41.6 Å². The molecule has 0 unspecified atom stereocenters. The maximum atomic E-state index is 13.5. The second-order valence-corrected chi connectivity index (χ2v) is 4.63. The molecule has 1 aromatic carbocycles. The first-order chi connectivity index (χ1) is 8.58. The van der Waals surface area contributed by atoms with Crippen LogP contribution in [0.3, 0.4) is 0 Å². The zero-order chi connectivity index (χ0) is 13.1. The summed E-state index contributed by atoms with van der Waals surface area (Å²) in [6.45, 7) is 1.82. The molecule has 0 saturated carbocycles. The van der Waals surface area contributed by atoms with Gasteiger partial charge in [-0.1, -0.05) is 0 Å². The zero-order valence-electron chi connectivity index (χ0n) is 9.38. The number of hydrogen-bond acceptors (Lipinski definition) is 2. The average molecular weight is 321 g/mol. The summed E-state index contributed by atoms with van der Waals surface area (Å²) in [7, 11) is 0. The van der Waals surface area contributed by atoms with Gasteiger partial charge in [0.15, 0.2) is 5.82 Å². The first-order valence-electron chi connectivity index (χ1n) is 5.36.